The molecule has 10 nitrogen and oxygen atoms in total. The van der Waals surface area contributed by atoms with Gasteiger partial charge in [-0.15, -0.1) is 0 Å². The number of fused-ring (bicyclic) bond motifs is 1. The van der Waals surface area contributed by atoms with Gasteiger partial charge in [-0.3, -0.25) is 9.59 Å². The van der Waals surface area contributed by atoms with Gasteiger partial charge in [0.25, 0.3) is 5.91 Å². The highest BCUT2D eigenvalue weighted by molar-refractivity contribution is 6.01. The number of nitrogens with one attached hydrogen (secondary N) is 3. The average Bonchev–Trinajstić information content (AvgIpc) is 3.21. The number of para-hydroxylation sites is 2. The fourth-order valence-corrected chi connectivity index (χ4v) is 3.10. The minimum Gasteiger partial charge on any atom is -0.495 e. The summed E-state index contributed by atoms with van der Waals surface area (Å²) in [5, 5.41) is 13.2. The molecule has 2 heterocycles. The average molecular weight is 425 g/mol. The molecule has 164 valence electrons. The fourth-order valence-electron chi connectivity index (χ4n) is 3.10. The van der Waals surface area contributed by atoms with Crippen molar-refractivity contribution in [1.82, 2.24) is 24.8 Å². The normalized spacial score (nSPS) is 10.6. The molecule has 2 amide bonds. The fraction of sp³-hybridized carbons (Fsp3) is 0.333. The summed E-state index contributed by atoms with van der Waals surface area (Å²) in [5.74, 6) is 1.23. The first kappa shape index (κ1) is 21.9. The van der Waals surface area contributed by atoms with Gasteiger partial charge in [0.15, 0.2) is 5.65 Å². The van der Waals surface area contributed by atoms with Crippen LogP contribution in [0.1, 0.15) is 23.7 Å². The lowest BCUT2D eigenvalue weighted by Crippen LogP contribution is -2.38. The van der Waals surface area contributed by atoms with Crippen LogP contribution in [0.4, 0.5) is 17.3 Å². The second-order valence-corrected chi connectivity index (χ2v) is 6.89. The van der Waals surface area contributed by atoms with E-state index >= 15 is 0 Å². The van der Waals surface area contributed by atoms with Gasteiger partial charge >= 0.3 is 0 Å². The molecule has 0 fully saturated rings. The van der Waals surface area contributed by atoms with Gasteiger partial charge in [0.2, 0.25) is 5.91 Å². The Morgan fingerprint density at radius 1 is 1.26 bits per heavy atom. The molecule has 0 aliphatic heterocycles. The predicted molar refractivity (Wildman–Crippen MR) is 119 cm³/mol. The maximum atomic E-state index is 12.7. The number of carbonyl (C=O) groups is 2. The first-order valence-electron chi connectivity index (χ1n) is 9.97. The van der Waals surface area contributed by atoms with E-state index in [0.29, 0.717) is 29.6 Å². The van der Waals surface area contributed by atoms with Crippen LogP contribution >= 0.6 is 0 Å². The van der Waals surface area contributed by atoms with Crippen molar-refractivity contribution in [2.24, 2.45) is 0 Å². The highest BCUT2D eigenvalue weighted by atomic mass is 16.5. The number of hydrogen-bond acceptors (Lipinski definition) is 7. The first-order chi connectivity index (χ1) is 15.0. The summed E-state index contributed by atoms with van der Waals surface area (Å²) in [4.78, 5) is 31.0. The molecule has 0 saturated carbocycles. The van der Waals surface area contributed by atoms with Crippen LogP contribution in [0, 0.1) is 0 Å². The van der Waals surface area contributed by atoms with E-state index in [1.807, 2.05) is 31.2 Å². The van der Waals surface area contributed by atoms with Gasteiger partial charge in [-0.25, -0.2) is 4.98 Å². The topological polar surface area (TPSA) is 113 Å². The van der Waals surface area contributed by atoms with Gasteiger partial charge in [-0.05, 0) is 18.6 Å². The number of anilines is 3. The van der Waals surface area contributed by atoms with Crippen LogP contribution in [0.2, 0.25) is 0 Å². The van der Waals surface area contributed by atoms with Crippen LogP contribution < -0.4 is 20.7 Å². The molecule has 0 aliphatic rings. The summed E-state index contributed by atoms with van der Waals surface area (Å²) in [7, 11) is 5.06. The van der Waals surface area contributed by atoms with Crippen LogP contribution in [0.25, 0.3) is 5.65 Å². The molecule has 3 aromatic rings. The number of methoxy groups -OCH3 is 1. The van der Waals surface area contributed by atoms with E-state index in [4.69, 9.17) is 4.74 Å². The van der Waals surface area contributed by atoms with Crippen molar-refractivity contribution in [2.45, 2.75) is 13.3 Å². The maximum absolute atomic E-state index is 12.7. The maximum Gasteiger partial charge on any atom is 0.257 e. The molecule has 2 aromatic heterocycles. The van der Waals surface area contributed by atoms with Crippen LogP contribution in [-0.2, 0) is 4.79 Å². The van der Waals surface area contributed by atoms with Crippen LogP contribution in [0.3, 0.4) is 0 Å². The van der Waals surface area contributed by atoms with Gasteiger partial charge in [0.1, 0.15) is 22.9 Å². The Kier molecular flexibility index (Phi) is 6.91. The summed E-state index contributed by atoms with van der Waals surface area (Å²) in [6.45, 7) is 2.53. The Balaban J connectivity index is 1.87. The molecule has 0 radical (unpaired) electrons. The van der Waals surface area contributed by atoms with Crippen LogP contribution in [0.15, 0.2) is 36.5 Å². The zero-order chi connectivity index (χ0) is 22.4. The van der Waals surface area contributed by atoms with Gasteiger partial charge in [-0.2, -0.15) is 9.61 Å². The lowest BCUT2D eigenvalue weighted by Gasteiger charge is -2.16. The summed E-state index contributed by atoms with van der Waals surface area (Å²) in [5.41, 5.74) is 1.36. The lowest BCUT2D eigenvalue weighted by atomic mass is 10.3. The van der Waals surface area contributed by atoms with Crippen molar-refractivity contribution >= 4 is 34.8 Å². The zero-order valence-electron chi connectivity index (χ0n) is 18.1. The number of rotatable bonds is 9. The molecule has 0 bridgehead atoms. The van der Waals surface area contributed by atoms with Crippen molar-refractivity contribution in [1.29, 1.82) is 0 Å². The minimum absolute atomic E-state index is 0.0925. The summed E-state index contributed by atoms with van der Waals surface area (Å²) >= 11 is 0. The van der Waals surface area contributed by atoms with Crippen molar-refractivity contribution < 1.29 is 14.3 Å². The molecule has 3 N–H and O–H groups in total. The van der Waals surface area contributed by atoms with Gasteiger partial charge in [0, 0.05) is 26.7 Å². The van der Waals surface area contributed by atoms with E-state index in [0.717, 1.165) is 12.1 Å². The third-order valence-electron chi connectivity index (χ3n) is 4.73. The number of benzene rings is 1. The second-order valence-electron chi connectivity index (χ2n) is 6.89. The highest BCUT2D eigenvalue weighted by Crippen LogP contribution is 2.28. The molecule has 0 aliphatic carbocycles. The van der Waals surface area contributed by atoms with Crippen molar-refractivity contribution in [3.8, 4) is 5.75 Å². The lowest BCUT2D eigenvalue weighted by molar-refractivity contribution is -0.128. The molecule has 0 atom stereocenters. The number of carbonyl (C=O) groups excluding carboxylic acids is 2. The molecule has 3 rings (SSSR count). The Morgan fingerprint density at radius 2 is 2.03 bits per heavy atom. The van der Waals surface area contributed by atoms with Crippen molar-refractivity contribution in [2.75, 3.05) is 44.9 Å². The number of amides is 2. The van der Waals surface area contributed by atoms with E-state index in [9.17, 15) is 9.59 Å². The number of likely N-dealkylation sites (N-methyl/N-ethyl adjacent to an activating group) is 1. The zero-order valence-corrected chi connectivity index (χ0v) is 18.1. The molecular formula is C21H27N7O3. The summed E-state index contributed by atoms with van der Waals surface area (Å²) in [6, 6.07) is 9.23. The molecule has 10 heteroatoms. The Morgan fingerprint density at radius 3 is 2.74 bits per heavy atom. The predicted octanol–water partition coefficient (Wildman–Crippen LogP) is 2.12. The molecule has 0 saturated heterocycles. The summed E-state index contributed by atoms with van der Waals surface area (Å²) < 4.78 is 6.91. The minimum atomic E-state index is -0.419. The van der Waals surface area contributed by atoms with E-state index < -0.39 is 5.91 Å². The number of ether oxygens (including phenoxy) is 1. The van der Waals surface area contributed by atoms with E-state index in [2.05, 4.69) is 26.0 Å². The van der Waals surface area contributed by atoms with Crippen molar-refractivity contribution in [3.05, 3.63) is 42.1 Å². The number of nitrogens with zero attached hydrogens (tertiary/aromatic N) is 4. The van der Waals surface area contributed by atoms with Gasteiger partial charge < -0.3 is 25.6 Å². The van der Waals surface area contributed by atoms with Gasteiger partial charge in [0.05, 0.1) is 25.5 Å². The third-order valence-corrected chi connectivity index (χ3v) is 4.73. The number of hydrogen-bond donors (Lipinski definition) is 3. The van der Waals surface area contributed by atoms with Gasteiger partial charge in [-0.1, -0.05) is 19.1 Å². The molecule has 0 unspecified atom stereocenters. The van der Waals surface area contributed by atoms with E-state index in [1.54, 1.807) is 32.2 Å². The summed E-state index contributed by atoms with van der Waals surface area (Å²) in [6.07, 6.45) is 2.29. The quantitative estimate of drug-likeness (QED) is 0.481. The molecule has 1 aromatic carbocycles. The highest BCUT2D eigenvalue weighted by Gasteiger charge is 2.19. The monoisotopic (exact) mass is 425 g/mol. The molecular weight excluding hydrogens is 398 g/mol. The SMILES string of the molecule is CCCN(C)C(=O)CNC(=O)c1cnn2c(NC)cc(Nc3ccccc3OC)nc12. The first-order valence-corrected chi connectivity index (χ1v) is 9.97. The Hall–Kier alpha value is -3.82. The Bertz CT molecular complexity index is 1080. The molecule has 31 heavy (non-hydrogen) atoms. The Labute approximate surface area is 180 Å². The standard InChI is InChI=1S/C21H27N7O3/c1-5-10-27(3)19(29)13-23-21(30)14-12-24-28-18(22-2)11-17(26-20(14)28)25-15-8-6-7-9-16(15)31-4/h6-9,11-12,22H,5,10,13H2,1-4H3,(H,23,30)(H,25,26). The largest absolute Gasteiger partial charge is 0.495 e. The number of aromatic nitrogens is 3. The third kappa shape index (κ3) is 4.85. The molecule has 0 spiro atoms. The smallest absolute Gasteiger partial charge is 0.257 e. The van der Waals surface area contributed by atoms with E-state index in [1.165, 1.54) is 10.7 Å². The van der Waals surface area contributed by atoms with Crippen LogP contribution in [-0.4, -0.2) is 65.6 Å². The van der Waals surface area contributed by atoms with Crippen molar-refractivity contribution in [3.63, 3.8) is 0 Å². The second kappa shape index (κ2) is 9.79. The van der Waals surface area contributed by atoms with Crippen LogP contribution in [0.5, 0.6) is 5.75 Å². The van der Waals surface area contributed by atoms with E-state index in [-0.39, 0.29) is 18.0 Å².